The predicted octanol–water partition coefficient (Wildman–Crippen LogP) is 6.58. The van der Waals surface area contributed by atoms with Gasteiger partial charge in [0, 0.05) is 40.0 Å². The van der Waals surface area contributed by atoms with E-state index in [1.807, 2.05) is 55.5 Å². The lowest BCUT2D eigenvalue weighted by atomic mass is 9.99. The number of rotatable bonds is 2. The number of fused-ring (bicyclic) bond motifs is 2. The average molecular weight is 391 g/mol. The lowest BCUT2D eigenvalue weighted by Gasteiger charge is -2.02. The van der Waals surface area contributed by atoms with E-state index < -0.39 is 0 Å². The third kappa shape index (κ3) is 2.80. The fourth-order valence-electron chi connectivity index (χ4n) is 3.83. The van der Waals surface area contributed by atoms with Gasteiger partial charge in [-0.2, -0.15) is 5.26 Å². The highest BCUT2D eigenvalue weighted by Gasteiger charge is 2.31. The van der Waals surface area contributed by atoms with Crippen LogP contribution in [-0.2, 0) is 0 Å². The Labute approximate surface area is 173 Å². The summed E-state index contributed by atoms with van der Waals surface area (Å²) in [6, 6.07) is 21.2. The van der Waals surface area contributed by atoms with E-state index in [9.17, 15) is 10.1 Å². The van der Waals surface area contributed by atoms with Crippen molar-refractivity contribution in [2.45, 2.75) is 13.8 Å². The van der Waals surface area contributed by atoms with Gasteiger partial charge in [-0.3, -0.25) is 4.79 Å². The molecule has 144 valence electrons. The number of allylic oxidation sites excluding steroid dienone is 3. The van der Waals surface area contributed by atoms with Gasteiger partial charge in [-0.05, 0) is 25.5 Å². The quantitative estimate of drug-likeness (QED) is 0.286. The highest BCUT2D eigenvalue weighted by atomic mass is 16.4. The van der Waals surface area contributed by atoms with Crippen molar-refractivity contribution >= 4 is 28.6 Å². The van der Waals surface area contributed by atoms with Gasteiger partial charge in [0.05, 0.1) is 6.07 Å². The number of benzene rings is 2. The Morgan fingerprint density at radius 2 is 1.67 bits per heavy atom. The summed E-state index contributed by atoms with van der Waals surface area (Å²) < 4.78 is 11.9. The zero-order chi connectivity index (χ0) is 20.8. The van der Waals surface area contributed by atoms with Crippen molar-refractivity contribution in [1.82, 2.24) is 0 Å². The Morgan fingerprint density at radius 3 is 2.37 bits per heavy atom. The van der Waals surface area contributed by atoms with E-state index in [0.717, 1.165) is 16.9 Å². The first-order valence-corrected chi connectivity index (χ1v) is 9.62. The minimum Gasteiger partial charge on any atom is -0.453 e. The summed E-state index contributed by atoms with van der Waals surface area (Å²) in [5, 5.41) is 9.44. The molecule has 0 aliphatic heterocycles. The van der Waals surface area contributed by atoms with Gasteiger partial charge < -0.3 is 8.83 Å². The average Bonchev–Trinajstić information content (AvgIpc) is 3.39. The van der Waals surface area contributed by atoms with Gasteiger partial charge in [0.25, 0.3) is 0 Å². The van der Waals surface area contributed by atoms with Crippen molar-refractivity contribution in [3.8, 4) is 17.4 Å². The molecule has 0 atom stereocenters. The number of furan rings is 2. The lowest BCUT2D eigenvalue weighted by Crippen LogP contribution is -1.95. The number of hydrogen-bond acceptors (Lipinski definition) is 4. The number of ketones is 1. The van der Waals surface area contributed by atoms with E-state index in [1.165, 1.54) is 5.56 Å². The second kappa shape index (κ2) is 6.75. The van der Waals surface area contributed by atoms with Crippen LogP contribution in [0.15, 0.2) is 80.6 Å². The number of nitriles is 1. The van der Waals surface area contributed by atoms with Gasteiger partial charge in [0.2, 0.25) is 0 Å². The zero-order valence-corrected chi connectivity index (χ0v) is 16.5. The molecule has 0 saturated heterocycles. The number of aryl methyl sites for hydroxylation is 1. The smallest absolute Gasteiger partial charge is 0.194 e. The van der Waals surface area contributed by atoms with Crippen molar-refractivity contribution in [3.05, 3.63) is 94.3 Å². The van der Waals surface area contributed by atoms with E-state index in [0.29, 0.717) is 39.2 Å². The summed E-state index contributed by atoms with van der Waals surface area (Å²) in [6.45, 7) is 3.76. The molecule has 2 aromatic carbocycles. The summed E-state index contributed by atoms with van der Waals surface area (Å²) in [5.41, 5.74) is 6.39. The highest BCUT2D eigenvalue weighted by molar-refractivity contribution is 6.29. The van der Waals surface area contributed by atoms with E-state index in [4.69, 9.17) is 8.83 Å². The molecule has 1 aliphatic carbocycles. The molecule has 4 nitrogen and oxygen atoms in total. The molecule has 0 bridgehead atoms. The minimum atomic E-state index is -0.108. The van der Waals surface area contributed by atoms with E-state index in [-0.39, 0.29) is 5.78 Å². The van der Waals surface area contributed by atoms with Gasteiger partial charge in [-0.15, -0.1) is 0 Å². The van der Waals surface area contributed by atoms with Crippen LogP contribution in [0.1, 0.15) is 34.2 Å². The molecular formula is C26H17NO3. The van der Waals surface area contributed by atoms with Crippen LogP contribution >= 0.6 is 0 Å². The maximum Gasteiger partial charge on any atom is 0.194 e. The summed E-state index contributed by atoms with van der Waals surface area (Å²) in [6.07, 6.45) is 1.69. The second-order valence-electron chi connectivity index (χ2n) is 7.40. The Bertz CT molecular complexity index is 1390. The fourth-order valence-corrected chi connectivity index (χ4v) is 3.83. The van der Waals surface area contributed by atoms with Crippen LogP contribution in [0.4, 0.5) is 0 Å². The second-order valence-corrected chi connectivity index (χ2v) is 7.40. The first-order chi connectivity index (χ1) is 14.5. The molecule has 0 fully saturated rings. The molecule has 2 heterocycles. The van der Waals surface area contributed by atoms with Gasteiger partial charge in [0.15, 0.2) is 16.9 Å². The van der Waals surface area contributed by atoms with Crippen LogP contribution in [0, 0.1) is 18.3 Å². The number of hydrogen-bond donors (Lipinski definition) is 0. The molecule has 30 heavy (non-hydrogen) atoms. The monoisotopic (exact) mass is 391 g/mol. The van der Waals surface area contributed by atoms with Gasteiger partial charge >= 0.3 is 0 Å². The van der Waals surface area contributed by atoms with Crippen molar-refractivity contribution < 1.29 is 13.6 Å². The van der Waals surface area contributed by atoms with Crippen LogP contribution < -0.4 is 0 Å². The fraction of sp³-hybridized carbons (Fsp3) is 0.0769. The van der Waals surface area contributed by atoms with Crippen molar-refractivity contribution in [2.24, 2.45) is 0 Å². The summed E-state index contributed by atoms with van der Waals surface area (Å²) in [4.78, 5) is 13.0. The zero-order valence-electron chi connectivity index (χ0n) is 16.5. The Morgan fingerprint density at radius 1 is 0.967 bits per heavy atom. The molecule has 4 heteroatoms. The van der Waals surface area contributed by atoms with E-state index in [1.54, 1.807) is 25.1 Å². The van der Waals surface area contributed by atoms with E-state index in [2.05, 4.69) is 6.07 Å². The van der Waals surface area contributed by atoms with Crippen LogP contribution in [0.5, 0.6) is 0 Å². The molecule has 4 aromatic rings. The number of nitrogens with zero attached hydrogens (tertiary/aromatic N) is 1. The molecule has 0 saturated carbocycles. The molecule has 0 unspecified atom stereocenters. The molecule has 2 aromatic heterocycles. The van der Waals surface area contributed by atoms with Crippen molar-refractivity contribution in [2.75, 3.05) is 0 Å². The lowest BCUT2D eigenvalue weighted by molar-refractivity contribution is 0.104. The minimum absolute atomic E-state index is 0.108. The Hall–Kier alpha value is -4.10. The standard InChI is InChI=1S/C26H17NO3/c1-15-7-9-17(10-8-15)22-13-24-23(30-22)12-18(29-24)11-21-25(16(2)14-27)19-5-3-4-6-20(19)26(21)28/h3-13H,1-2H3/b21-11-,25-16?. The molecule has 0 radical (unpaired) electrons. The van der Waals surface area contributed by atoms with Crippen LogP contribution in [0.25, 0.3) is 34.1 Å². The third-order valence-electron chi connectivity index (χ3n) is 5.35. The van der Waals surface area contributed by atoms with Crippen LogP contribution in [0.3, 0.4) is 0 Å². The van der Waals surface area contributed by atoms with Crippen LogP contribution in [-0.4, -0.2) is 5.78 Å². The summed E-state index contributed by atoms with van der Waals surface area (Å²) in [5.74, 6) is 1.13. The molecule has 0 amide bonds. The van der Waals surface area contributed by atoms with E-state index >= 15 is 0 Å². The van der Waals surface area contributed by atoms with Crippen molar-refractivity contribution in [1.29, 1.82) is 5.26 Å². The first-order valence-electron chi connectivity index (χ1n) is 9.62. The van der Waals surface area contributed by atoms with Crippen molar-refractivity contribution in [3.63, 3.8) is 0 Å². The highest BCUT2D eigenvalue weighted by Crippen LogP contribution is 2.40. The summed E-state index contributed by atoms with van der Waals surface area (Å²) in [7, 11) is 0. The molecular weight excluding hydrogens is 374 g/mol. The normalized spacial score (nSPS) is 16.2. The molecule has 1 aliphatic rings. The van der Waals surface area contributed by atoms with Crippen LogP contribution in [0.2, 0.25) is 0 Å². The van der Waals surface area contributed by atoms with Gasteiger partial charge in [-0.1, -0.05) is 54.1 Å². The Balaban J connectivity index is 1.57. The third-order valence-corrected chi connectivity index (χ3v) is 5.35. The van der Waals surface area contributed by atoms with Gasteiger partial charge in [-0.25, -0.2) is 0 Å². The SMILES string of the molecule is CC(C#N)=C1/C(=C/c2cc3oc(-c4ccc(C)cc4)cc3o2)C(=O)c2ccccc21. The maximum absolute atomic E-state index is 13.0. The molecule has 5 rings (SSSR count). The van der Waals surface area contributed by atoms with Gasteiger partial charge in [0.1, 0.15) is 11.5 Å². The number of carbonyl (C=O) groups is 1. The maximum atomic E-state index is 13.0. The molecule has 0 N–H and O–H groups in total. The topological polar surface area (TPSA) is 67.1 Å². The molecule has 0 spiro atoms. The number of carbonyl (C=O) groups excluding carboxylic acids is 1. The largest absolute Gasteiger partial charge is 0.453 e. The Kier molecular flexibility index (Phi) is 4.04. The summed E-state index contributed by atoms with van der Waals surface area (Å²) >= 11 is 0. The number of Topliss-reactive ketones (excluding diaryl/α,β-unsaturated/α-hetero) is 1. The predicted molar refractivity (Wildman–Crippen MR) is 116 cm³/mol. The first kappa shape index (κ1) is 18.0.